The molecule has 0 aromatic heterocycles. The SMILES string of the molecule is CC(=O)O[C@@H]1CC[C@@]2(C)[C@@H](CC[C@H]3[C@H]2C(=O)C[C@]2(C)C(/C(C)=N\O)=CC[C@@H]32)C1. The summed E-state index contributed by atoms with van der Waals surface area (Å²) in [7, 11) is 0. The van der Waals surface area contributed by atoms with E-state index < -0.39 is 0 Å². The Bertz CT molecular complexity index is 756. The van der Waals surface area contributed by atoms with Gasteiger partial charge in [0.05, 0.1) is 5.71 Å². The van der Waals surface area contributed by atoms with Crippen LogP contribution in [0.3, 0.4) is 0 Å². The van der Waals surface area contributed by atoms with Gasteiger partial charge in [0, 0.05) is 24.7 Å². The van der Waals surface area contributed by atoms with Gasteiger partial charge in [0.1, 0.15) is 11.9 Å². The van der Waals surface area contributed by atoms with Crippen molar-refractivity contribution >= 4 is 17.5 Å². The molecule has 7 atom stereocenters. The van der Waals surface area contributed by atoms with Gasteiger partial charge in [-0.25, -0.2) is 0 Å². The largest absolute Gasteiger partial charge is 0.463 e. The average Bonchev–Trinajstić information content (AvgIpc) is 2.97. The fourth-order valence-electron chi connectivity index (χ4n) is 7.57. The van der Waals surface area contributed by atoms with Crippen LogP contribution in [0.4, 0.5) is 0 Å². The number of ketones is 1. The maximum atomic E-state index is 13.5. The summed E-state index contributed by atoms with van der Waals surface area (Å²) in [6.07, 6.45) is 8.65. The topological polar surface area (TPSA) is 76.0 Å². The van der Waals surface area contributed by atoms with Crippen LogP contribution in [0.5, 0.6) is 0 Å². The van der Waals surface area contributed by atoms with Crippen LogP contribution in [0, 0.1) is 34.5 Å². The number of fused-ring (bicyclic) bond motifs is 5. The van der Waals surface area contributed by atoms with Crippen LogP contribution in [0.1, 0.15) is 72.6 Å². The van der Waals surface area contributed by atoms with Crippen molar-refractivity contribution in [2.45, 2.75) is 78.7 Å². The van der Waals surface area contributed by atoms with Crippen molar-refractivity contribution in [1.29, 1.82) is 0 Å². The molecule has 0 unspecified atom stereocenters. The molecule has 5 nitrogen and oxygen atoms in total. The molecule has 0 heterocycles. The zero-order valence-electron chi connectivity index (χ0n) is 17.5. The van der Waals surface area contributed by atoms with E-state index in [1.807, 2.05) is 6.92 Å². The van der Waals surface area contributed by atoms with E-state index >= 15 is 0 Å². The third-order valence-corrected chi connectivity index (χ3v) is 8.76. The average molecular weight is 388 g/mol. The quantitative estimate of drug-likeness (QED) is 0.327. The second kappa shape index (κ2) is 6.70. The number of nitrogens with zero attached hydrogens (tertiary/aromatic N) is 1. The van der Waals surface area contributed by atoms with E-state index in [2.05, 4.69) is 25.1 Å². The maximum absolute atomic E-state index is 13.5. The van der Waals surface area contributed by atoms with Crippen molar-refractivity contribution in [3.63, 3.8) is 0 Å². The van der Waals surface area contributed by atoms with Crippen molar-refractivity contribution in [2.24, 2.45) is 39.7 Å². The van der Waals surface area contributed by atoms with Gasteiger partial charge in [-0.1, -0.05) is 25.1 Å². The first-order chi connectivity index (χ1) is 13.2. The van der Waals surface area contributed by atoms with Crippen molar-refractivity contribution < 1.29 is 19.5 Å². The molecule has 0 aromatic carbocycles. The molecule has 0 aromatic rings. The molecule has 4 rings (SSSR count). The lowest BCUT2D eigenvalue weighted by Gasteiger charge is -2.59. The number of esters is 1. The van der Waals surface area contributed by atoms with E-state index in [-0.39, 0.29) is 28.8 Å². The number of oxime groups is 1. The number of ether oxygens (including phenoxy) is 1. The fraction of sp³-hybridized carbons (Fsp3) is 0.783. The van der Waals surface area contributed by atoms with Crippen molar-refractivity contribution in [3.05, 3.63) is 11.6 Å². The molecule has 5 heteroatoms. The monoisotopic (exact) mass is 387 g/mol. The Balaban J connectivity index is 1.60. The second-order valence-corrected chi connectivity index (χ2v) is 10.1. The van der Waals surface area contributed by atoms with Gasteiger partial charge in [0.15, 0.2) is 0 Å². The molecule has 0 radical (unpaired) electrons. The van der Waals surface area contributed by atoms with Gasteiger partial charge in [-0.2, -0.15) is 0 Å². The fourth-order valence-corrected chi connectivity index (χ4v) is 7.57. The smallest absolute Gasteiger partial charge is 0.302 e. The first-order valence-corrected chi connectivity index (χ1v) is 10.8. The van der Waals surface area contributed by atoms with Crippen LogP contribution in [-0.2, 0) is 14.3 Å². The van der Waals surface area contributed by atoms with Crippen LogP contribution in [0.2, 0.25) is 0 Å². The summed E-state index contributed by atoms with van der Waals surface area (Å²) in [5.74, 6) is 1.61. The number of hydrogen-bond donors (Lipinski definition) is 1. The van der Waals surface area contributed by atoms with E-state index in [1.165, 1.54) is 6.92 Å². The van der Waals surface area contributed by atoms with Crippen LogP contribution < -0.4 is 0 Å². The summed E-state index contributed by atoms with van der Waals surface area (Å²) < 4.78 is 5.52. The predicted molar refractivity (Wildman–Crippen MR) is 106 cm³/mol. The molecule has 3 fully saturated rings. The Morgan fingerprint density at radius 2 is 2.00 bits per heavy atom. The molecule has 4 aliphatic carbocycles. The van der Waals surface area contributed by atoms with E-state index in [9.17, 15) is 14.8 Å². The predicted octanol–water partition coefficient (Wildman–Crippen LogP) is 4.53. The van der Waals surface area contributed by atoms with E-state index in [0.717, 1.165) is 44.1 Å². The standard InChI is InChI=1S/C23H33NO4/c1-13(24-27)18-7-8-19-17-6-5-15-11-16(28-14(2)25)9-10-22(15,3)21(17)20(26)12-23(18,19)4/h7,15-17,19,21,27H,5-6,8-12H2,1-4H3/b24-13-/t15-,16+,17+,19-,21-,22-,23+/m0/s1. The van der Waals surface area contributed by atoms with Crippen LogP contribution >= 0.6 is 0 Å². The second-order valence-electron chi connectivity index (χ2n) is 10.1. The minimum Gasteiger partial charge on any atom is -0.463 e. The minimum atomic E-state index is -0.202. The molecule has 0 aliphatic heterocycles. The molecule has 0 spiro atoms. The van der Waals surface area contributed by atoms with Crippen LogP contribution in [-0.4, -0.2) is 28.8 Å². The number of Topliss-reactive ketones (excluding diaryl/α,β-unsaturated/α-hetero) is 1. The van der Waals surface area contributed by atoms with Crippen LogP contribution in [0.15, 0.2) is 16.8 Å². The molecule has 1 N–H and O–H groups in total. The van der Waals surface area contributed by atoms with Crippen molar-refractivity contribution in [1.82, 2.24) is 0 Å². The van der Waals surface area contributed by atoms with E-state index in [4.69, 9.17) is 4.74 Å². The third-order valence-electron chi connectivity index (χ3n) is 8.76. The van der Waals surface area contributed by atoms with Gasteiger partial charge >= 0.3 is 5.97 Å². The van der Waals surface area contributed by atoms with Gasteiger partial charge in [-0.3, -0.25) is 9.59 Å². The summed E-state index contributed by atoms with van der Waals surface area (Å²) in [6, 6.07) is 0. The van der Waals surface area contributed by atoms with Gasteiger partial charge in [0.25, 0.3) is 0 Å². The number of rotatable bonds is 2. The Hall–Kier alpha value is -1.65. The van der Waals surface area contributed by atoms with E-state index in [1.54, 1.807) is 0 Å². The maximum Gasteiger partial charge on any atom is 0.302 e. The molecule has 4 aliphatic rings. The first kappa shape index (κ1) is 19.7. The highest BCUT2D eigenvalue weighted by Gasteiger charge is 2.62. The molecular formula is C23H33NO4. The summed E-state index contributed by atoms with van der Waals surface area (Å²) in [5, 5.41) is 12.7. The molecule has 28 heavy (non-hydrogen) atoms. The van der Waals surface area contributed by atoms with Crippen LogP contribution in [0.25, 0.3) is 0 Å². The van der Waals surface area contributed by atoms with Crippen molar-refractivity contribution in [2.75, 3.05) is 0 Å². The Morgan fingerprint density at radius 3 is 2.68 bits per heavy atom. The zero-order chi connectivity index (χ0) is 20.3. The molecule has 0 saturated heterocycles. The number of allylic oxidation sites excluding steroid dienone is 2. The summed E-state index contributed by atoms with van der Waals surface area (Å²) in [6.45, 7) is 7.84. The number of hydrogen-bond acceptors (Lipinski definition) is 5. The van der Waals surface area contributed by atoms with E-state index in [0.29, 0.717) is 35.7 Å². The van der Waals surface area contributed by atoms with Gasteiger partial charge in [-0.15, -0.1) is 0 Å². The molecule has 0 amide bonds. The van der Waals surface area contributed by atoms with Gasteiger partial charge in [-0.05, 0) is 74.2 Å². The minimum absolute atomic E-state index is 0.0132. The normalized spacial score (nSPS) is 45.6. The summed E-state index contributed by atoms with van der Waals surface area (Å²) >= 11 is 0. The Kier molecular flexibility index (Phi) is 4.71. The molecule has 3 saturated carbocycles. The molecular weight excluding hydrogens is 354 g/mol. The highest BCUT2D eigenvalue weighted by Crippen LogP contribution is 2.65. The third kappa shape index (κ3) is 2.76. The molecule has 0 bridgehead atoms. The highest BCUT2D eigenvalue weighted by atomic mass is 16.5. The number of carbonyl (C=O) groups excluding carboxylic acids is 2. The van der Waals surface area contributed by atoms with Gasteiger partial charge in [0.2, 0.25) is 0 Å². The number of carbonyl (C=O) groups is 2. The lowest BCUT2D eigenvalue weighted by molar-refractivity contribution is -0.166. The lowest BCUT2D eigenvalue weighted by Crippen LogP contribution is -2.57. The first-order valence-electron chi connectivity index (χ1n) is 10.8. The Morgan fingerprint density at radius 1 is 1.25 bits per heavy atom. The summed E-state index contributed by atoms with van der Waals surface area (Å²) in [4.78, 5) is 24.9. The van der Waals surface area contributed by atoms with Crippen molar-refractivity contribution in [3.8, 4) is 0 Å². The Labute approximate surface area is 167 Å². The zero-order valence-corrected chi connectivity index (χ0v) is 17.5. The lowest BCUT2D eigenvalue weighted by atomic mass is 9.44. The highest BCUT2D eigenvalue weighted by molar-refractivity contribution is 6.01. The van der Waals surface area contributed by atoms with Gasteiger partial charge < -0.3 is 9.94 Å². The molecule has 154 valence electrons. The summed E-state index contributed by atoms with van der Waals surface area (Å²) in [5.41, 5.74) is 1.53.